The Hall–Kier alpha value is -3.78. The van der Waals surface area contributed by atoms with Gasteiger partial charge >= 0.3 is 12.3 Å². The number of carbonyl (C=O) groups is 2. The minimum absolute atomic E-state index is 0.0663. The lowest BCUT2D eigenvalue weighted by molar-refractivity contribution is -0.140. The van der Waals surface area contributed by atoms with Gasteiger partial charge in [0.15, 0.2) is 0 Å². The van der Waals surface area contributed by atoms with E-state index in [-0.39, 0.29) is 42.0 Å². The Labute approximate surface area is 252 Å². The average molecular weight is 642 g/mol. The molecular weight excluding hydrogens is 611 g/mol. The van der Waals surface area contributed by atoms with Crippen molar-refractivity contribution in [3.8, 4) is 0 Å². The first-order chi connectivity index (χ1) is 19.9. The van der Waals surface area contributed by atoms with E-state index in [2.05, 4.69) is 20.3 Å². The van der Waals surface area contributed by atoms with Crippen molar-refractivity contribution in [1.29, 1.82) is 0 Å². The van der Waals surface area contributed by atoms with Gasteiger partial charge in [0.2, 0.25) is 10.0 Å². The fourth-order valence-electron chi connectivity index (χ4n) is 4.67. The van der Waals surface area contributed by atoms with Gasteiger partial charge in [-0.1, -0.05) is 17.7 Å². The molecule has 2 atom stereocenters. The van der Waals surface area contributed by atoms with E-state index in [1.165, 1.54) is 47.4 Å². The van der Waals surface area contributed by atoms with Gasteiger partial charge in [-0.2, -0.15) is 13.2 Å². The number of pyridine rings is 1. The van der Waals surface area contributed by atoms with Gasteiger partial charge in [0.1, 0.15) is 11.3 Å². The summed E-state index contributed by atoms with van der Waals surface area (Å²) in [7, 11) is -3.58. The number of halogens is 4. The van der Waals surface area contributed by atoms with Crippen molar-refractivity contribution in [2.75, 3.05) is 29.4 Å². The molecule has 4 rings (SSSR count). The molecule has 2 amide bonds. The van der Waals surface area contributed by atoms with Crippen LogP contribution in [-0.4, -0.2) is 67.3 Å². The summed E-state index contributed by atoms with van der Waals surface area (Å²) in [4.78, 5) is 31.3. The smallest absolute Gasteiger partial charge is 0.433 e. The highest BCUT2D eigenvalue weighted by Gasteiger charge is 2.36. The largest absolute Gasteiger partial charge is 0.444 e. The number of carbonyl (C=O) groups excluding carboxylic acids is 2. The Balaban J connectivity index is 1.63. The minimum Gasteiger partial charge on any atom is -0.444 e. The normalized spacial score (nSPS) is 17.8. The Morgan fingerprint density at radius 3 is 2.40 bits per heavy atom. The van der Waals surface area contributed by atoms with Gasteiger partial charge in [-0.05, 0) is 69.7 Å². The Bertz CT molecular complexity index is 1650. The standard InChI is InChI=1S/C28H31ClF3N5O5S/c1-27(2,3)42-26(39)37-14-19(33-23-13-24(28(30,31)32)35-22-9-8-17(29)11-21(22)23)12-20(15-37)34-25(38)16-6-5-7-18(10-16)36-43(4,40)41/h5-11,13,19-20,36H,12,14-15H2,1-4H3,(H,33,35)(H,34,38)/t19-,20+/m1/s1. The van der Waals surface area contributed by atoms with E-state index in [0.29, 0.717) is 10.4 Å². The SMILES string of the molecule is CC(C)(C)OC(=O)N1C[C@@H](NC(=O)c2cccc(NS(C)(=O)=O)c2)C[C@@H](Nc2cc(C(F)(F)F)nc3ccc(Cl)cc23)C1. The molecule has 1 aliphatic heterocycles. The molecule has 0 radical (unpaired) electrons. The molecule has 1 fully saturated rings. The maximum Gasteiger partial charge on any atom is 0.433 e. The number of rotatable bonds is 6. The first-order valence-electron chi connectivity index (χ1n) is 13.2. The number of fused-ring (bicyclic) bond motifs is 1. The number of hydrogen-bond acceptors (Lipinski definition) is 7. The van der Waals surface area contributed by atoms with Crippen LogP contribution >= 0.6 is 11.6 Å². The quantitative estimate of drug-likeness (QED) is 0.324. The molecule has 232 valence electrons. The van der Waals surface area contributed by atoms with E-state index in [0.717, 1.165) is 12.3 Å². The van der Waals surface area contributed by atoms with Gasteiger partial charge in [0.25, 0.3) is 5.91 Å². The second-order valence-corrected chi connectivity index (χ2v) is 13.5. The molecule has 0 bridgehead atoms. The van der Waals surface area contributed by atoms with Gasteiger partial charge in [-0.3, -0.25) is 9.52 Å². The number of nitrogens with one attached hydrogen (secondary N) is 3. The van der Waals surface area contributed by atoms with Crippen LogP contribution in [0.3, 0.4) is 0 Å². The third-order valence-electron chi connectivity index (χ3n) is 6.29. The van der Waals surface area contributed by atoms with E-state index in [9.17, 15) is 31.2 Å². The maximum atomic E-state index is 13.7. The fraction of sp³-hybridized carbons (Fsp3) is 0.393. The molecule has 1 aliphatic rings. The number of piperidine rings is 1. The number of sulfonamides is 1. The van der Waals surface area contributed by atoms with Crippen molar-refractivity contribution in [2.24, 2.45) is 0 Å². The Morgan fingerprint density at radius 1 is 1.05 bits per heavy atom. The molecule has 10 nitrogen and oxygen atoms in total. The van der Waals surface area contributed by atoms with Crippen LogP contribution < -0.4 is 15.4 Å². The molecule has 0 saturated carbocycles. The predicted octanol–water partition coefficient (Wildman–Crippen LogP) is 5.50. The molecule has 0 unspecified atom stereocenters. The van der Waals surface area contributed by atoms with Crippen LogP contribution in [0.1, 0.15) is 43.2 Å². The second-order valence-electron chi connectivity index (χ2n) is 11.3. The van der Waals surface area contributed by atoms with E-state index >= 15 is 0 Å². The number of nitrogens with zero attached hydrogens (tertiary/aromatic N) is 2. The van der Waals surface area contributed by atoms with E-state index < -0.39 is 51.6 Å². The van der Waals surface area contributed by atoms with Crippen molar-refractivity contribution in [1.82, 2.24) is 15.2 Å². The van der Waals surface area contributed by atoms with Crippen molar-refractivity contribution in [2.45, 2.75) is 51.1 Å². The van der Waals surface area contributed by atoms with Crippen LogP contribution in [0, 0.1) is 0 Å². The number of amides is 2. The number of aromatic nitrogens is 1. The first kappa shape index (κ1) is 32.1. The molecule has 2 heterocycles. The lowest BCUT2D eigenvalue weighted by Crippen LogP contribution is -2.56. The molecule has 2 aromatic carbocycles. The van der Waals surface area contributed by atoms with Crippen LogP contribution in [-0.2, 0) is 20.9 Å². The summed E-state index contributed by atoms with van der Waals surface area (Å²) < 4.78 is 72.2. The number of hydrogen-bond donors (Lipinski definition) is 3. The van der Waals surface area contributed by atoms with Crippen LogP contribution in [0.2, 0.25) is 5.02 Å². The van der Waals surface area contributed by atoms with Gasteiger partial charge in [0, 0.05) is 52.5 Å². The highest BCUT2D eigenvalue weighted by molar-refractivity contribution is 7.92. The molecule has 43 heavy (non-hydrogen) atoms. The van der Waals surface area contributed by atoms with Gasteiger partial charge < -0.3 is 20.3 Å². The molecule has 1 aromatic heterocycles. The summed E-state index contributed by atoms with van der Waals surface area (Å²) in [6, 6.07) is 9.83. The van der Waals surface area contributed by atoms with E-state index in [1.807, 2.05) is 0 Å². The summed E-state index contributed by atoms with van der Waals surface area (Å²) in [6.45, 7) is 5.24. The van der Waals surface area contributed by atoms with Gasteiger partial charge in [-0.25, -0.2) is 18.2 Å². The van der Waals surface area contributed by atoms with Crippen LogP contribution in [0.5, 0.6) is 0 Å². The molecule has 0 aliphatic carbocycles. The van der Waals surface area contributed by atoms with Crippen molar-refractivity contribution < 1.29 is 35.9 Å². The highest BCUT2D eigenvalue weighted by atomic mass is 35.5. The lowest BCUT2D eigenvalue weighted by Gasteiger charge is -2.39. The molecule has 0 spiro atoms. The van der Waals surface area contributed by atoms with Crippen molar-refractivity contribution >= 4 is 55.9 Å². The number of benzene rings is 2. The van der Waals surface area contributed by atoms with Gasteiger partial charge in [0.05, 0.1) is 11.8 Å². The van der Waals surface area contributed by atoms with Crippen LogP contribution in [0.15, 0.2) is 48.5 Å². The van der Waals surface area contributed by atoms with Crippen LogP contribution in [0.4, 0.5) is 29.3 Å². The number of anilines is 2. The minimum atomic E-state index is -4.71. The summed E-state index contributed by atoms with van der Waals surface area (Å²) >= 11 is 6.14. The molecular formula is C28H31ClF3N5O5S. The number of likely N-dealkylation sites (tertiary alicyclic amines) is 1. The first-order valence-corrected chi connectivity index (χ1v) is 15.4. The van der Waals surface area contributed by atoms with Crippen molar-refractivity contribution in [3.05, 3.63) is 64.8 Å². The predicted molar refractivity (Wildman–Crippen MR) is 158 cm³/mol. The number of ether oxygens (including phenoxy) is 1. The third-order valence-corrected chi connectivity index (χ3v) is 7.13. The molecule has 3 aromatic rings. The second kappa shape index (κ2) is 12.1. The zero-order chi connectivity index (χ0) is 31.7. The Kier molecular flexibility index (Phi) is 9.03. The van der Waals surface area contributed by atoms with E-state index in [1.54, 1.807) is 20.8 Å². The summed E-state index contributed by atoms with van der Waals surface area (Å²) in [5.41, 5.74) is -1.37. The number of alkyl halides is 3. The third kappa shape index (κ3) is 8.86. The molecule has 3 N–H and O–H groups in total. The topological polar surface area (TPSA) is 130 Å². The summed E-state index contributed by atoms with van der Waals surface area (Å²) in [6.07, 6.45) is -4.15. The lowest BCUT2D eigenvalue weighted by atomic mass is 9.99. The van der Waals surface area contributed by atoms with Crippen LogP contribution in [0.25, 0.3) is 10.9 Å². The van der Waals surface area contributed by atoms with Crippen molar-refractivity contribution in [3.63, 3.8) is 0 Å². The zero-order valence-electron chi connectivity index (χ0n) is 23.8. The zero-order valence-corrected chi connectivity index (χ0v) is 25.3. The van der Waals surface area contributed by atoms with Gasteiger partial charge in [-0.15, -0.1) is 0 Å². The summed E-state index contributed by atoms with van der Waals surface area (Å²) in [5.74, 6) is -0.535. The van der Waals surface area contributed by atoms with E-state index in [4.69, 9.17) is 16.3 Å². The fourth-order valence-corrected chi connectivity index (χ4v) is 5.40. The highest BCUT2D eigenvalue weighted by Crippen LogP contribution is 2.35. The summed E-state index contributed by atoms with van der Waals surface area (Å²) in [5, 5.41) is 6.62. The monoisotopic (exact) mass is 641 g/mol. The Morgan fingerprint density at radius 2 is 1.74 bits per heavy atom. The molecule has 15 heteroatoms. The molecule has 1 saturated heterocycles. The maximum absolute atomic E-state index is 13.7. The average Bonchev–Trinajstić information content (AvgIpc) is 2.86.